The van der Waals surface area contributed by atoms with Gasteiger partial charge >= 0.3 is 5.97 Å². The molecule has 3 rings (SSSR count). The van der Waals surface area contributed by atoms with E-state index in [2.05, 4.69) is 65.9 Å². The first-order chi connectivity index (χ1) is 13.9. The third-order valence-electron chi connectivity index (χ3n) is 7.93. The molecule has 1 heterocycles. The molecule has 1 unspecified atom stereocenters. The third-order valence-corrected chi connectivity index (χ3v) is 12.5. The smallest absolute Gasteiger partial charge is 0.308 e. The van der Waals surface area contributed by atoms with E-state index in [4.69, 9.17) is 9.16 Å². The molecule has 0 amide bonds. The summed E-state index contributed by atoms with van der Waals surface area (Å²) in [6.07, 6.45) is 10.3. The van der Waals surface area contributed by atoms with E-state index in [1.165, 1.54) is 5.57 Å². The van der Waals surface area contributed by atoms with Gasteiger partial charge in [0.25, 0.3) is 0 Å². The lowest BCUT2D eigenvalue weighted by Gasteiger charge is -2.43. The molecule has 1 N–H and O–H groups in total. The first-order valence-electron chi connectivity index (χ1n) is 11.8. The van der Waals surface area contributed by atoms with E-state index in [1.54, 1.807) is 0 Å². The highest BCUT2D eigenvalue weighted by Gasteiger charge is 2.42. The van der Waals surface area contributed by atoms with E-state index in [9.17, 15) is 9.90 Å². The van der Waals surface area contributed by atoms with Crippen LogP contribution in [0.15, 0.2) is 23.8 Å². The fraction of sp³-hybridized carbons (Fsp3) is 0.800. The lowest BCUT2D eigenvalue weighted by atomic mass is 9.65. The van der Waals surface area contributed by atoms with Crippen LogP contribution in [0.1, 0.15) is 66.7 Å². The van der Waals surface area contributed by atoms with Crippen molar-refractivity contribution in [3.63, 3.8) is 0 Å². The van der Waals surface area contributed by atoms with Crippen molar-refractivity contribution in [3.05, 3.63) is 23.8 Å². The van der Waals surface area contributed by atoms with Gasteiger partial charge in [0.15, 0.2) is 8.32 Å². The van der Waals surface area contributed by atoms with Gasteiger partial charge in [0.05, 0.1) is 18.6 Å². The van der Waals surface area contributed by atoms with Gasteiger partial charge in [-0.2, -0.15) is 0 Å². The first-order valence-corrected chi connectivity index (χ1v) is 14.7. The van der Waals surface area contributed by atoms with Crippen LogP contribution in [0.25, 0.3) is 0 Å². The Balaban J connectivity index is 1.64. The molecule has 4 nitrogen and oxygen atoms in total. The van der Waals surface area contributed by atoms with Crippen LogP contribution in [0.3, 0.4) is 0 Å². The van der Waals surface area contributed by atoms with Crippen molar-refractivity contribution < 1.29 is 19.1 Å². The van der Waals surface area contributed by atoms with Gasteiger partial charge in [0, 0.05) is 12.3 Å². The standard InChI is InChI=1S/C25H42O4Si/c1-16-12-18-9-8-17(2)21(24(18)22(26)13-16)11-10-19-14-20(15-23(27)28-19)29-30(6,7)25(3,4)5/h8-9,12,16-17,19-22,24,26H,10-11,13-15H2,1-7H3/t16?,17-,19+,20-,21-,22-,24-/m0/s1. The molecule has 7 atom stereocenters. The van der Waals surface area contributed by atoms with Crippen LogP contribution in [0.5, 0.6) is 0 Å². The fourth-order valence-corrected chi connectivity index (χ4v) is 6.58. The number of ether oxygens (including phenoxy) is 1. The van der Waals surface area contributed by atoms with Gasteiger partial charge in [-0.3, -0.25) is 4.79 Å². The normalized spacial score (nSPS) is 37.4. The topological polar surface area (TPSA) is 55.8 Å². The van der Waals surface area contributed by atoms with E-state index >= 15 is 0 Å². The number of hydrogen-bond acceptors (Lipinski definition) is 4. The summed E-state index contributed by atoms with van der Waals surface area (Å²) in [5.74, 6) is 1.33. The first kappa shape index (κ1) is 23.7. The molecule has 5 heteroatoms. The molecule has 1 saturated heterocycles. The molecule has 0 radical (unpaired) electrons. The van der Waals surface area contributed by atoms with Crippen molar-refractivity contribution in [2.75, 3.05) is 0 Å². The van der Waals surface area contributed by atoms with Gasteiger partial charge in [-0.15, -0.1) is 0 Å². The van der Waals surface area contributed by atoms with E-state index in [-0.39, 0.29) is 35.2 Å². The Labute approximate surface area is 184 Å². The summed E-state index contributed by atoms with van der Waals surface area (Å²) in [7, 11) is -1.91. The summed E-state index contributed by atoms with van der Waals surface area (Å²) < 4.78 is 12.3. The quantitative estimate of drug-likeness (QED) is 0.450. The number of aliphatic hydroxyl groups excluding tert-OH is 1. The van der Waals surface area contributed by atoms with Gasteiger partial charge in [0.2, 0.25) is 0 Å². The molecular weight excluding hydrogens is 392 g/mol. The van der Waals surface area contributed by atoms with Crippen LogP contribution in [0.2, 0.25) is 18.1 Å². The molecule has 0 spiro atoms. The maximum absolute atomic E-state index is 12.3. The van der Waals surface area contributed by atoms with Crippen LogP contribution in [-0.2, 0) is 14.0 Å². The number of rotatable bonds is 5. The number of cyclic esters (lactones) is 1. The number of carbonyl (C=O) groups is 1. The van der Waals surface area contributed by atoms with Crippen LogP contribution in [0, 0.1) is 23.7 Å². The number of carbonyl (C=O) groups excluding carboxylic acids is 1. The van der Waals surface area contributed by atoms with Gasteiger partial charge in [-0.05, 0) is 60.7 Å². The minimum Gasteiger partial charge on any atom is -0.462 e. The second-order valence-electron chi connectivity index (χ2n) is 11.5. The number of allylic oxidation sites excluding steroid dienone is 3. The molecule has 0 aromatic carbocycles. The molecule has 0 aromatic heterocycles. The molecule has 170 valence electrons. The summed E-state index contributed by atoms with van der Waals surface area (Å²) in [5, 5.41) is 10.9. The maximum Gasteiger partial charge on any atom is 0.308 e. The predicted molar refractivity (Wildman–Crippen MR) is 124 cm³/mol. The van der Waals surface area contributed by atoms with E-state index < -0.39 is 8.32 Å². The SMILES string of the molecule is CC1C=C2C=C[C@H](C)[C@H](CC[C@@H]3C[C@H](O[Si](C)(C)C(C)(C)C)CC(=O)O3)[C@H]2[C@@H](O)C1. The number of esters is 1. The number of aliphatic hydroxyl groups is 1. The zero-order chi connectivity index (χ0) is 22.3. The molecule has 0 bridgehead atoms. The van der Waals surface area contributed by atoms with E-state index in [0.29, 0.717) is 24.2 Å². The second-order valence-corrected chi connectivity index (χ2v) is 16.2. The van der Waals surface area contributed by atoms with Crippen LogP contribution in [0.4, 0.5) is 0 Å². The highest BCUT2D eigenvalue weighted by Crippen LogP contribution is 2.44. The monoisotopic (exact) mass is 434 g/mol. The van der Waals surface area contributed by atoms with Gasteiger partial charge in [-0.1, -0.05) is 52.8 Å². The Hall–Kier alpha value is -0.913. The molecule has 30 heavy (non-hydrogen) atoms. The molecule has 1 aliphatic heterocycles. The van der Waals surface area contributed by atoms with Crippen molar-refractivity contribution >= 4 is 14.3 Å². The lowest BCUT2D eigenvalue weighted by molar-refractivity contribution is -0.160. The molecule has 2 aliphatic carbocycles. The summed E-state index contributed by atoms with van der Waals surface area (Å²) in [6, 6.07) is 0. The van der Waals surface area contributed by atoms with Gasteiger partial charge in [0.1, 0.15) is 6.10 Å². The Morgan fingerprint density at radius 1 is 1.20 bits per heavy atom. The molecule has 1 fully saturated rings. The van der Waals surface area contributed by atoms with Crippen LogP contribution in [-0.4, -0.2) is 37.7 Å². The zero-order valence-corrected chi connectivity index (χ0v) is 21.0. The average Bonchev–Trinajstić information content (AvgIpc) is 2.59. The highest BCUT2D eigenvalue weighted by atomic mass is 28.4. The zero-order valence-electron chi connectivity index (χ0n) is 20.0. The molecule has 3 aliphatic rings. The average molecular weight is 435 g/mol. The van der Waals surface area contributed by atoms with Gasteiger partial charge < -0.3 is 14.3 Å². The molecule has 0 aromatic rings. The lowest BCUT2D eigenvalue weighted by Crippen LogP contribution is -2.47. The maximum atomic E-state index is 12.3. The van der Waals surface area contributed by atoms with E-state index in [1.807, 2.05) is 0 Å². The number of fused-ring (bicyclic) bond motifs is 1. The van der Waals surface area contributed by atoms with Crippen molar-refractivity contribution in [3.8, 4) is 0 Å². The van der Waals surface area contributed by atoms with Crippen LogP contribution < -0.4 is 0 Å². The van der Waals surface area contributed by atoms with Crippen molar-refractivity contribution in [1.82, 2.24) is 0 Å². The molecular formula is C25H42O4Si. The summed E-state index contributed by atoms with van der Waals surface area (Å²) >= 11 is 0. The Bertz CT molecular complexity index is 690. The van der Waals surface area contributed by atoms with Crippen molar-refractivity contribution in [2.45, 2.75) is 103 Å². The Morgan fingerprint density at radius 3 is 2.57 bits per heavy atom. The fourth-order valence-electron chi connectivity index (χ4n) is 5.21. The van der Waals surface area contributed by atoms with E-state index in [0.717, 1.165) is 25.7 Å². The Kier molecular flexibility index (Phi) is 7.05. The van der Waals surface area contributed by atoms with Crippen molar-refractivity contribution in [2.24, 2.45) is 23.7 Å². The van der Waals surface area contributed by atoms with Crippen molar-refractivity contribution in [1.29, 1.82) is 0 Å². The minimum atomic E-state index is -1.91. The Morgan fingerprint density at radius 2 is 1.90 bits per heavy atom. The number of hydrogen-bond donors (Lipinski definition) is 1. The highest BCUT2D eigenvalue weighted by molar-refractivity contribution is 6.74. The van der Waals surface area contributed by atoms with Crippen LogP contribution >= 0.6 is 0 Å². The third kappa shape index (κ3) is 5.28. The minimum absolute atomic E-state index is 0.0302. The second kappa shape index (κ2) is 8.91. The molecule has 0 saturated carbocycles. The summed E-state index contributed by atoms with van der Waals surface area (Å²) in [5.41, 5.74) is 1.30. The van der Waals surface area contributed by atoms with Gasteiger partial charge in [-0.25, -0.2) is 0 Å². The largest absolute Gasteiger partial charge is 0.462 e. The summed E-state index contributed by atoms with van der Waals surface area (Å²) in [6.45, 7) is 15.6. The predicted octanol–water partition coefficient (Wildman–Crippen LogP) is 5.63. The summed E-state index contributed by atoms with van der Waals surface area (Å²) in [4.78, 5) is 12.3.